The highest BCUT2D eigenvalue weighted by molar-refractivity contribution is 5.86. The topological polar surface area (TPSA) is 59.9 Å². The Labute approximate surface area is 101 Å². The lowest BCUT2D eigenvalue weighted by Crippen LogP contribution is -2.46. The summed E-state index contributed by atoms with van der Waals surface area (Å²) in [5.74, 6) is -0.0159. The molecular weight excluding hydrogens is 214 g/mol. The Hall–Kier alpha value is -1.76. The van der Waals surface area contributed by atoms with Crippen LogP contribution < -0.4 is 0 Å². The van der Waals surface area contributed by atoms with Crippen LogP contribution in [0.25, 0.3) is 0 Å². The van der Waals surface area contributed by atoms with E-state index in [2.05, 4.69) is 11.1 Å². The molecule has 1 heterocycles. The number of nitrogens with one attached hydrogen (secondary N) is 1. The highest BCUT2D eigenvalue weighted by atomic mass is 16.2. The first-order valence-electron chi connectivity index (χ1n) is 5.97. The van der Waals surface area contributed by atoms with E-state index in [1.807, 2.05) is 18.3 Å². The first kappa shape index (κ1) is 11.7. The number of rotatable bonds is 4. The van der Waals surface area contributed by atoms with E-state index in [1.165, 1.54) is 0 Å². The molecule has 4 nitrogen and oxygen atoms in total. The van der Waals surface area contributed by atoms with Gasteiger partial charge in [0.05, 0.1) is 6.07 Å². The first-order valence-corrected chi connectivity index (χ1v) is 5.97. The molecule has 17 heavy (non-hydrogen) atoms. The van der Waals surface area contributed by atoms with Gasteiger partial charge in [0.15, 0.2) is 0 Å². The molecule has 2 rings (SSSR count). The summed E-state index contributed by atoms with van der Waals surface area (Å²) in [5, 5.41) is 9.10. The molecule has 0 saturated heterocycles. The van der Waals surface area contributed by atoms with Gasteiger partial charge in [0.25, 0.3) is 0 Å². The predicted molar refractivity (Wildman–Crippen MR) is 64.0 cm³/mol. The monoisotopic (exact) mass is 231 g/mol. The Morgan fingerprint density at radius 2 is 2.41 bits per heavy atom. The molecule has 0 unspecified atom stereocenters. The summed E-state index contributed by atoms with van der Waals surface area (Å²) in [5.41, 5.74) is 0.397. The van der Waals surface area contributed by atoms with Crippen LogP contribution in [-0.4, -0.2) is 29.4 Å². The maximum Gasteiger partial charge on any atom is 0.242 e. The van der Waals surface area contributed by atoms with Crippen LogP contribution in [0.4, 0.5) is 0 Å². The molecule has 1 amide bonds. The average molecular weight is 231 g/mol. The van der Waals surface area contributed by atoms with E-state index < -0.39 is 5.41 Å². The van der Waals surface area contributed by atoms with Crippen LogP contribution in [-0.2, 0) is 11.2 Å². The van der Waals surface area contributed by atoms with Crippen LogP contribution in [0.5, 0.6) is 0 Å². The van der Waals surface area contributed by atoms with E-state index >= 15 is 0 Å². The van der Waals surface area contributed by atoms with Crippen molar-refractivity contribution in [3.8, 4) is 6.07 Å². The van der Waals surface area contributed by atoms with Crippen LogP contribution in [0.3, 0.4) is 0 Å². The zero-order valence-corrected chi connectivity index (χ0v) is 10.1. The van der Waals surface area contributed by atoms with Crippen molar-refractivity contribution in [1.29, 1.82) is 5.26 Å². The van der Waals surface area contributed by atoms with Crippen molar-refractivity contribution in [3.63, 3.8) is 0 Å². The summed E-state index contributed by atoms with van der Waals surface area (Å²) < 4.78 is 0. The van der Waals surface area contributed by atoms with Gasteiger partial charge in [0.1, 0.15) is 5.41 Å². The maximum absolute atomic E-state index is 12.1. The number of H-pyrrole nitrogens is 1. The number of hydrogen-bond acceptors (Lipinski definition) is 2. The van der Waals surface area contributed by atoms with Gasteiger partial charge >= 0.3 is 0 Å². The van der Waals surface area contributed by atoms with E-state index in [9.17, 15) is 4.79 Å². The summed E-state index contributed by atoms with van der Waals surface area (Å²) in [6.07, 6.45) is 5.10. The first-order chi connectivity index (χ1) is 8.18. The number of aromatic amines is 1. The Bertz CT molecular complexity index is 426. The van der Waals surface area contributed by atoms with Crippen molar-refractivity contribution in [1.82, 2.24) is 9.88 Å². The molecule has 0 radical (unpaired) electrons. The van der Waals surface area contributed by atoms with Crippen molar-refractivity contribution in [2.75, 3.05) is 13.6 Å². The fourth-order valence-corrected chi connectivity index (χ4v) is 2.18. The lowest BCUT2D eigenvalue weighted by atomic mass is 9.69. The molecule has 0 aromatic carbocycles. The third kappa shape index (κ3) is 2.19. The Morgan fingerprint density at radius 1 is 1.65 bits per heavy atom. The summed E-state index contributed by atoms with van der Waals surface area (Å²) in [4.78, 5) is 16.9. The molecule has 1 aliphatic carbocycles. The molecule has 4 heteroatoms. The highest BCUT2D eigenvalue weighted by Gasteiger charge is 2.45. The fourth-order valence-electron chi connectivity index (χ4n) is 2.18. The second-order valence-corrected chi connectivity index (χ2v) is 4.72. The maximum atomic E-state index is 12.1. The quantitative estimate of drug-likeness (QED) is 0.857. The van der Waals surface area contributed by atoms with Gasteiger partial charge in [-0.1, -0.05) is 0 Å². The Balaban J connectivity index is 1.90. The number of hydrogen-bond donors (Lipinski definition) is 1. The minimum Gasteiger partial charge on any atom is -0.365 e. The minimum absolute atomic E-state index is 0.0159. The number of nitriles is 1. The standard InChI is InChI=1S/C13H17N3O/c1-16(9-5-11-4-2-8-15-11)12(17)13(10-14)6-3-7-13/h2,4,8,15H,3,5-7,9H2,1H3. The largest absolute Gasteiger partial charge is 0.365 e. The average Bonchev–Trinajstić information content (AvgIpc) is 2.77. The van der Waals surface area contributed by atoms with E-state index in [0.717, 1.165) is 31.4 Å². The predicted octanol–water partition coefficient (Wildman–Crippen LogP) is 1.71. The number of nitrogens with zero attached hydrogens (tertiary/aromatic N) is 2. The molecule has 0 aliphatic heterocycles. The molecule has 1 saturated carbocycles. The van der Waals surface area contributed by atoms with E-state index in [0.29, 0.717) is 6.54 Å². The molecule has 1 aromatic heterocycles. The second-order valence-electron chi connectivity index (χ2n) is 4.72. The summed E-state index contributed by atoms with van der Waals surface area (Å²) in [7, 11) is 1.78. The van der Waals surface area contributed by atoms with Gasteiger partial charge in [-0.2, -0.15) is 5.26 Å². The molecule has 90 valence electrons. The van der Waals surface area contributed by atoms with Crippen LogP contribution >= 0.6 is 0 Å². The molecule has 1 fully saturated rings. The van der Waals surface area contributed by atoms with Crippen molar-refractivity contribution >= 4 is 5.91 Å². The van der Waals surface area contributed by atoms with Crippen molar-refractivity contribution in [3.05, 3.63) is 24.0 Å². The Kier molecular flexibility index (Phi) is 3.19. The van der Waals surface area contributed by atoms with E-state index in [4.69, 9.17) is 5.26 Å². The SMILES string of the molecule is CN(CCc1ccc[nH]1)C(=O)C1(C#N)CCC1. The number of amides is 1. The number of carbonyl (C=O) groups is 1. The van der Waals surface area contributed by atoms with Gasteiger partial charge in [-0.15, -0.1) is 0 Å². The Morgan fingerprint density at radius 3 is 2.88 bits per heavy atom. The smallest absolute Gasteiger partial charge is 0.242 e. The molecule has 1 aliphatic rings. The zero-order chi connectivity index (χ0) is 12.3. The summed E-state index contributed by atoms with van der Waals surface area (Å²) in [6.45, 7) is 0.656. The van der Waals surface area contributed by atoms with Gasteiger partial charge in [0, 0.05) is 31.9 Å². The van der Waals surface area contributed by atoms with Gasteiger partial charge in [-0.05, 0) is 31.4 Å². The van der Waals surface area contributed by atoms with Gasteiger partial charge < -0.3 is 9.88 Å². The van der Waals surface area contributed by atoms with Gasteiger partial charge in [0.2, 0.25) is 5.91 Å². The van der Waals surface area contributed by atoms with Crippen molar-refractivity contribution in [2.24, 2.45) is 5.41 Å². The zero-order valence-electron chi connectivity index (χ0n) is 10.1. The molecule has 0 bridgehead atoms. The minimum atomic E-state index is -0.718. The van der Waals surface area contributed by atoms with Crippen LogP contribution in [0.2, 0.25) is 0 Å². The summed E-state index contributed by atoms with van der Waals surface area (Å²) in [6, 6.07) is 6.14. The molecule has 0 spiro atoms. The lowest BCUT2D eigenvalue weighted by molar-refractivity contribution is -0.141. The second kappa shape index (κ2) is 4.62. The normalized spacial score (nSPS) is 16.9. The van der Waals surface area contributed by atoms with Gasteiger partial charge in [-0.3, -0.25) is 4.79 Å². The van der Waals surface area contributed by atoms with Crippen molar-refractivity contribution in [2.45, 2.75) is 25.7 Å². The van der Waals surface area contributed by atoms with E-state index in [1.54, 1.807) is 11.9 Å². The fraction of sp³-hybridized carbons (Fsp3) is 0.538. The molecule has 1 N–H and O–H groups in total. The van der Waals surface area contributed by atoms with Gasteiger partial charge in [-0.25, -0.2) is 0 Å². The van der Waals surface area contributed by atoms with Crippen LogP contribution in [0.1, 0.15) is 25.0 Å². The summed E-state index contributed by atoms with van der Waals surface area (Å²) >= 11 is 0. The van der Waals surface area contributed by atoms with Crippen LogP contribution in [0, 0.1) is 16.7 Å². The van der Waals surface area contributed by atoms with E-state index in [-0.39, 0.29) is 5.91 Å². The number of likely N-dealkylation sites (N-methyl/N-ethyl adjacent to an activating group) is 1. The third-order valence-electron chi connectivity index (χ3n) is 3.56. The molecule has 0 atom stereocenters. The number of aromatic nitrogens is 1. The third-order valence-corrected chi connectivity index (χ3v) is 3.56. The van der Waals surface area contributed by atoms with Crippen molar-refractivity contribution < 1.29 is 4.79 Å². The molecule has 1 aromatic rings. The highest BCUT2D eigenvalue weighted by Crippen LogP contribution is 2.41. The lowest BCUT2D eigenvalue weighted by Gasteiger charge is -2.36. The number of carbonyl (C=O) groups excluding carboxylic acids is 1. The molecular formula is C13H17N3O. The van der Waals surface area contributed by atoms with Crippen LogP contribution in [0.15, 0.2) is 18.3 Å².